The summed E-state index contributed by atoms with van der Waals surface area (Å²) in [6.07, 6.45) is 7.71. The van der Waals surface area contributed by atoms with Crippen molar-refractivity contribution in [3.05, 3.63) is 65.4 Å². The first-order valence-electron chi connectivity index (χ1n) is 14.3. The number of aliphatic hydroxyl groups is 1. The number of carbonyl (C=O) groups excluding carboxylic acids is 1. The topological polar surface area (TPSA) is 116 Å². The predicted octanol–water partition coefficient (Wildman–Crippen LogP) is 3.61. The fourth-order valence-electron chi connectivity index (χ4n) is 5.10. The number of hydrogen-bond donors (Lipinski definition) is 3. The highest BCUT2D eigenvalue weighted by Gasteiger charge is 2.22. The number of nitrogens with one attached hydrogen (secondary N) is 2. The van der Waals surface area contributed by atoms with Crippen LogP contribution < -0.4 is 20.3 Å². The molecule has 2 aliphatic rings. The number of β-amino-alcohol motifs (C(OH)–C–C–N with tert-alkyl or cyclic N) is 1. The van der Waals surface area contributed by atoms with Crippen molar-refractivity contribution in [1.82, 2.24) is 20.2 Å². The van der Waals surface area contributed by atoms with Crippen molar-refractivity contribution >= 4 is 17.5 Å². The summed E-state index contributed by atoms with van der Waals surface area (Å²) in [5.74, 6) is 2.79. The molecule has 0 radical (unpaired) electrons. The van der Waals surface area contributed by atoms with Gasteiger partial charge in [0, 0.05) is 51.4 Å². The molecule has 1 fully saturated rings. The first-order valence-corrected chi connectivity index (χ1v) is 14.3. The zero-order chi connectivity index (χ0) is 27.9. The number of amides is 1. The maximum atomic E-state index is 13.1. The van der Waals surface area contributed by atoms with Crippen molar-refractivity contribution in [3.8, 4) is 5.75 Å². The van der Waals surface area contributed by atoms with Gasteiger partial charge in [-0.15, -0.1) is 0 Å². The van der Waals surface area contributed by atoms with Gasteiger partial charge in [0.05, 0.1) is 12.3 Å². The number of benzene rings is 1. The molecule has 214 valence electrons. The molecule has 1 aliphatic heterocycles. The first-order chi connectivity index (χ1) is 19.5. The number of oxazole rings is 1. The molecule has 1 amide bonds. The molecular weight excluding hydrogens is 508 g/mol. The molecule has 0 spiro atoms. The van der Waals surface area contributed by atoms with Crippen molar-refractivity contribution in [2.24, 2.45) is 0 Å². The van der Waals surface area contributed by atoms with Crippen LogP contribution >= 0.6 is 0 Å². The molecule has 3 aromatic rings. The summed E-state index contributed by atoms with van der Waals surface area (Å²) in [7, 11) is 1.99. The van der Waals surface area contributed by atoms with Gasteiger partial charge in [-0.2, -0.15) is 0 Å². The molecule has 10 heteroatoms. The highest BCUT2D eigenvalue weighted by molar-refractivity contribution is 5.95. The Morgan fingerprint density at radius 3 is 2.90 bits per heavy atom. The third-order valence-electron chi connectivity index (χ3n) is 7.58. The second-order valence-corrected chi connectivity index (χ2v) is 10.8. The van der Waals surface area contributed by atoms with Crippen LogP contribution in [0.15, 0.2) is 47.3 Å². The lowest BCUT2D eigenvalue weighted by molar-refractivity contribution is 0.0841. The molecule has 0 saturated heterocycles. The standard InChI is InChI=1S/C30H40N6O4/c1-3-10-35(2)29-14-23(13-28(34-29)33-24-5-4-6-24)30(38)32-15-25(37)18-36-11-9-21-12-26(8-7-22(21)17-36)39-19-27-16-31-20-40-27/h7-8,12-14,16,20,24-25,37H,3-6,9-11,15,17-19H2,1-2H3,(H,32,38)(H,33,34). The van der Waals surface area contributed by atoms with E-state index in [4.69, 9.17) is 14.1 Å². The second-order valence-electron chi connectivity index (χ2n) is 10.8. The summed E-state index contributed by atoms with van der Waals surface area (Å²) in [4.78, 5) is 26.0. The number of carbonyl (C=O) groups is 1. The number of hydrogen-bond acceptors (Lipinski definition) is 9. The largest absolute Gasteiger partial charge is 0.486 e. The summed E-state index contributed by atoms with van der Waals surface area (Å²) in [5, 5.41) is 17.1. The van der Waals surface area contributed by atoms with Gasteiger partial charge in [0.2, 0.25) is 0 Å². The summed E-state index contributed by atoms with van der Waals surface area (Å²) < 4.78 is 11.1. The molecule has 3 N–H and O–H groups in total. The van der Waals surface area contributed by atoms with E-state index >= 15 is 0 Å². The third-order valence-corrected chi connectivity index (χ3v) is 7.58. The van der Waals surface area contributed by atoms with Crippen LogP contribution in [0.4, 0.5) is 11.6 Å². The summed E-state index contributed by atoms with van der Waals surface area (Å²) in [6, 6.07) is 10.2. The maximum absolute atomic E-state index is 13.1. The van der Waals surface area contributed by atoms with Gasteiger partial charge in [-0.05, 0) is 67.5 Å². The Morgan fingerprint density at radius 1 is 1.27 bits per heavy atom. The van der Waals surface area contributed by atoms with Gasteiger partial charge in [-0.25, -0.2) is 9.97 Å². The molecule has 1 atom stereocenters. The van der Waals surface area contributed by atoms with E-state index in [0.29, 0.717) is 30.5 Å². The average Bonchev–Trinajstić information content (AvgIpc) is 3.46. The van der Waals surface area contributed by atoms with Crippen LogP contribution in [0.1, 0.15) is 59.9 Å². The fraction of sp³-hybridized carbons (Fsp3) is 0.500. The number of ether oxygens (including phenoxy) is 1. The van der Waals surface area contributed by atoms with Gasteiger partial charge < -0.3 is 29.8 Å². The van der Waals surface area contributed by atoms with Crippen molar-refractivity contribution in [2.75, 3.05) is 43.4 Å². The summed E-state index contributed by atoms with van der Waals surface area (Å²) >= 11 is 0. The minimum Gasteiger partial charge on any atom is -0.486 e. The summed E-state index contributed by atoms with van der Waals surface area (Å²) in [6.45, 7) is 5.57. The third kappa shape index (κ3) is 7.31. The van der Waals surface area contributed by atoms with Crippen molar-refractivity contribution in [2.45, 2.75) is 64.3 Å². The maximum Gasteiger partial charge on any atom is 0.251 e. The minimum atomic E-state index is -0.674. The van der Waals surface area contributed by atoms with Crippen LogP contribution in [0.25, 0.3) is 0 Å². The number of aromatic nitrogens is 2. The van der Waals surface area contributed by atoms with Crippen LogP contribution in [0.2, 0.25) is 0 Å². The molecule has 3 heterocycles. The Bertz CT molecular complexity index is 1260. The van der Waals surface area contributed by atoms with Crippen molar-refractivity contribution in [1.29, 1.82) is 0 Å². The summed E-state index contributed by atoms with van der Waals surface area (Å²) in [5.41, 5.74) is 3.03. The van der Waals surface area contributed by atoms with Gasteiger partial charge in [0.1, 0.15) is 24.0 Å². The van der Waals surface area contributed by atoms with Gasteiger partial charge >= 0.3 is 0 Å². The molecule has 40 heavy (non-hydrogen) atoms. The van der Waals surface area contributed by atoms with E-state index in [9.17, 15) is 9.90 Å². The SMILES string of the molecule is CCCN(C)c1cc(C(=O)NCC(O)CN2CCc3cc(OCc4cnco4)ccc3C2)cc(NC2CCC2)n1. The Kier molecular flexibility index (Phi) is 9.18. The molecule has 1 saturated carbocycles. The number of anilines is 2. The quantitative estimate of drug-likeness (QED) is 0.295. The Balaban J connectivity index is 1.12. The van der Waals surface area contributed by atoms with Crippen LogP contribution in [0.3, 0.4) is 0 Å². The number of nitrogens with zero attached hydrogens (tertiary/aromatic N) is 4. The highest BCUT2D eigenvalue weighted by Crippen LogP contribution is 2.26. The van der Waals surface area contributed by atoms with E-state index in [1.54, 1.807) is 6.20 Å². The Labute approximate surface area is 235 Å². The van der Waals surface area contributed by atoms with E-state index in [0.717, 1.165) is 62.7 Å². The van der Waals surface area contributed by atoms with E-state index < -0.39 is 6.10 Å². The van der Waals surface area contributed by atoms with Crippen LogP contribution in [0, 0.1) is 0 Å². The van der Waals surface area contributed by atoms with E-state index in [1.165, 1.54) is 23.9 Å². The zero-order valence-electron chi connectivity index (χ0n) is 23.4. The monoisotopic (exact) mass is 548 g/mol. The second kappa shape index (κ2) is 13.1. The molecule has 5 rings (SSSR count). The number of rotatable bonds is 13. The molecule has 10 nitrogen and oxygen atoms in total. The lowest BCUT2D eigenvalue weighted by atomic mass is 9.93. The lowest BCUT2D eigenvalue weighted by Crippen LogP contribution is -2.42. The van der Waals surface area contributed by atoms with Gasteiger partial charge in [0.15, 0.2) is 12.2 Å². The van der Waals surface area contributed by atoms with E-state index in [-0.39, 0.29) is 12.5 Å². The molecular formula is C30H40N6O4. The Hall–Kier alpha value is -3.63. The number of pyridine rings is 1. The van der Waals surface area contributed by atoms with Crippen LogP contribution in [0.5, 0.6) is 5.75 Å². The Morgan fingerprint density at radius 2 is 2.15 bits per heavy atom. The first kappa shape index (κ1) is 27.9. The lowest BCUT2D eigenvalue weighted by Gasteiger charge is -2.30. The van der Waals surface area contributed by atoms with Gasteiger partial charge in [0.25, 0.3) is 5.91 Å². The van der Waals surface area contributed by atoms with Crippen molar-refractivity contribution in [3.63, 3.8) is 0 Å². The fourth-order valence-corrected chi connectivity index (χ4v) is 5.10. The zero-order valence-corrected chi connectivity index (χ0v) is 23.4. The highest BCUT2D eigenvalue weighted by atomic mass is 16.5. The van der Waals surface area contributed by atoms with Crippen molar-refractivity contribution < 1.29 is 19.1 Å². The normalized spacial score (nSPS) is 16.1. The molecule has 1 unspecified atom stereocenters. The molecule has 1 aromatic carbocycles. The van der Waals surface area contributed by atoms with Gasteiger partial charge in [-0.3, -0.25) is 9.69 Å². The van der Waals surface area contributed by atoms with E-state index in [1.807, 2.05) is 25.2 Å². The molecule has 1 aliphatic carbocycles. The smallest absolute Gasteiger partial charge is 0.251 e. The van der Waals surface area contributed by atoms with Crippen LogP contribution in [-0.4, -0.2) is 71.3 Å². The molecule has 2 aromatic heterocycles. The predicted molar refractivity (Wildman–Crippen MR) is 154 cm³/mol. The van der Waals surface area contributed by atoms with E-state index in [2.05, 4.69) is 44.5 Å². The van der Waals surface area contributed by atoms with Crippen LogP contribution in [-0.2, 0) is 19.6 Å². The average molecular weight is 549 g/mol. The van der Waals surface area contributed by atoms with Gasteiger partial charge in [-0.1, -0.05) is 13.0 Å². The minimum absolute atomic E-state index is 0.185. The number of fused-ring (bicyclic) bond motifs is 1. The number of aliphatic hydroxyl groups excluding tert-OH is 1. The molecule has 0 bridgehead atoms.